The summed E-state index contributed by atoms with van der Waals surface area (Å²) in [6.45, 7) is 5.86. The number of anilines is 1. The molecule has 1 aliphatic heterocycles. The van der Waals surface area contributed by atoms with Crippen molar-refractivity contribution >= 4 is 5.82 Å². The van der Waals surface area contributed by atoms with Crippen molar-refractivity contribution in [2.24, 2.45) is 5.92 Å². The van der Waals surface area contributed by atoms with Crippen molar-refractivity contribution in [3.8, 4) is 0 Å². The fraction of sp³-hybridized carbons (Fsp3) is 0.750. The van der Waals surface area contributed by atoms with Crippen LogP contribution in [0, 0.1) is 5.92 Å². The highest BCUT2D eigenvalue weighted by molar-refractivity contribution is 5.36. The van der Waals surface area contributed by atoms with Gasteiger partial charge in [-0.15, -0.1) is 0 Å². The second kappa shape index (κ2) is 6.60. The summed E-state index contributed by atoms with van der Waals surface area (Å²) in [4.78, 5) is 19.3. The summed E-state index contributed by atoms with van der Waals surface area (Å²) in [6, 6.07) is 0.504. The van der Waals surface area contributed by atoms with Crippen molar-refractivity contribution in [2.45, 2.75) is 51.6 Å². The third-order valence-corrected chi connectivity index (χ3v) is 4.44. The van der Waals surface area contributed by atoms with E-state index in [0.717, 1.165) is 38.5 Å². The van der Waals surface area contributed by atoms with Crippen molar-refractivity contribution < 1.29 is 0 Å². The van der Waals surface area contributed by atoms with Gasteiger partial charge in [0.1, 0.15) is 0 Å². The van der Waals surface area contributed by atoms with Crippen molar-refractivity contribution in [2.75, 3.05) is 24.5 Å². The normalized spacial score (nSPS) is 21.7. The number of aryl methyl sites for hydroxylation is 1. The van der Waals surface area contributed by atoms with Crippen LogP contribution in [0.4, 0.5) is 5.82 Å². The van der Waals surface area contributed by atoms with Gasteiger partial charge in [0, 0.05) is 38.1 Å². The van der Waals surface area contributed by atoms with Gasteiger partial charge in [-0.2, -0.15) is 0 Å². The van der Waals surface area contributed by atoms with E-state index < -0.39 is 0 Å². The van der Waals surface area contributed by atoms with Gasteiger partial charge in [0.15, 0.2) is 5.82 Å². The summed E-state index contributed by atoms with van der Waals surface area (Å²) < 4.78 is 1.80. The van der Waals surface area contributed by atoms with Crippen molar-refractivity contribution in [3.05, 3.63) is 22.7 Å². The highest BCUT2D eigenvalue weighted by Gasteiger charge is 2.28. The molecule has 1 aromatic heterocycles. The average molecular weight is 290 g/mol. The summed E-state index contributed by atoms with van der Waals surface area (Å²) in [5.74, 6) is 1.40. The number of hydrogen-bond donors (Lipinski definition) is 1. The van der Waals surface area contributed by atoms with Crippen molar-refractivity contribution in [1.82, 2.24) is 14.9 Å². The zero-order valence-electron chi connectivity index (χ0n) is 12.9. The molecule has 0 aromatic carbocycles. The highest BCUT2D eigenvalue weighted by Crippen LogP contribution is 2.30. The van der Waals surface area contributed by atoms with Gasteiger partial charge >= 0.3 is 0 Å². The molecule has 116 valence electrons. The Balaban J connectivity index is 1.80. The highest BCUT2D eigenvalue weighted by atomic mass is 16.1. The molecule has 0 amide bonds. The fourth-order valence-corrected chi connectivity index (χ4v) is 3.11. The Morgan fingerprint density at radius 3 is 2.90 bits per heavy atom. The molecule has 1 saturated heterocycles. The van der Waals surface area contributed by atoms with E-state index in [1.54, 1.807) is 17.0 Å². The Bertz CT molecular complexity index is 517. The van der Waals surface area contributed by atoms with E-state index in [0.29, 0.717) is 11.9 Å². The minimum absolute atomic E-state index is 0.0676. The molecule has 0 radical (unpaired) electrons. The molecule has 2 heterocycles. The van der Waals surface area contributed by atoms with Crippen LogP contribution in [0.1, 0.15) is 39.0 Å². The lowest BCUT2D eigenvalue weighted by molar-refractivity contribution is 0.560. The molecule has 1 N–H and O–H groups in total. The minimum atomic E-state index is 0.0676. The number of nitrogens with zero attached hydrogens (tertiary/aromatic N) is 3. The Hall–Kier alpha value is -1.36. The quantitative estimate of drug-likeness (QED) is 0.829. The zero-order valence-corrected chi connectivity index (χ0v) is 12.9. The maximum atomic E-state index is 12.6. The van der Waals surface area contributed by atoms with Gasteiger partial charge in [0.2, 0.25) is 0 Å². The van der Waals surface area contributed by atoms with Crippen LogP contribution in [0.3, 0.4) is 0 Å². The summed E-state index contributed by atoms with van der Waals surface area (Å²) >= 11 is 0. The average Bonchev–Trinajstić information content (AvgIpc) is 3.14. The van der Waals surface area contributed by atoms with Crippen LogP contribution in [0.2, 0.25) is 0 Å². The van der Waals surface area contributed by atoms with E-state index in [2.05, 4.69) is 22.1 Å². The van der Waals surface area contributed by atoms with Crippen LogP contribution in [0.25, 0.3) is 0 Å². The second-order valence-electron chi connectivity index (χ2n) is 6.39. The third kappa shape index (κ3) is 3.64. The standard InChI is InChI=1S/C16H26N4O/c1-2-9-19-10-8-18-15(16(19)21)20(11-13-5-6-13)12-14-4-3-7-17-14/h8,10,13-14,17H,2-7,9,11-12H2,1H3. The predicted molar refractivity (Wildman–Crippen MR) is 84.7 cm³/mol. The Morgan fingerprint density at radius 2 is 2.24 bits per heavy atom. The molecule has 21 heavy (non-hydrogen) atoms. The predicted octanol–water partition coefficient (Wildman–Crippen LogP) is 1.62. The molecule has 2 fully saturated rings. The molecule has 1 aliphatic carbocycles. The molecule has 5 nitrogen and oxygen atoms in total. The van der Waals surface area contributed by atoms with E-state index in [1.165, 1.54) is 25.7 Å². The van der Waals surface area contributed by atoms with E-state index in [9.17, 15) is 4.79 Å². The maximum Gasteiger partial charge on any atom is 0.293 e. The van der Waals surface area contributed by atoms with Gasteiger partial charge < -0.3 is 14.8 Å². The zero-order chi connectivity index (χ0) is 14.7. The van der Waals surface area contributed by atoms with E-state index in [1.807, 2.05) is 0 Å². The van der Waals surface area contributed by atoms with Crippen LogP contribution in [-0.2, 0) is 6.54 Å². The lowest BCUT2D eigenvalue weighted by Crippen LogP contribution is -2.42. The summed E-state index contributed by atoms with van der Waals surface area (Å²) in [5.41, 5.74) is 0.0676. The molecule has 1 saturated carbocycles. The van der Waals surface area contributed by atoms with Gasteiger partial charge in [-0.3, -0.25) is 4.79 Å². The number of rotatable bonds is 7. The van der Waals surface area contributed by atoms with E-state index in [4.69, 9.17) is 0 Å². The van der Waals surface area contributed by atoms with Crippen molar-refractivity contribution in [1.29, 1.82) is 0 Å². The summed E-state index contributed by atoms with van der Waals surface area (Å²) in [7, 11) is 0. The first-order chi connectivity index (χ1) is 10.3. The molecule has 2 aliphatic rings. The molecular weight excluding hydrogens is 264 g/mol. The Kier molecular flexibility index (Phi) is 4.58. The molecular formula is C16H26N4O. The molecule has 0 bridgehead atoms. The molecule has 1 atom stereocenters. The van der Waals surface area contributed by atoms with Crippen molar-refractivity contribution in [3.63, 3.8) is 0 Å². The SMILES string of the molecule is CCCn1ccnc(N(CC2CC2)CC2CCCN2)c1=O. The van der Waals surface area contributed by atoms with Gasteiger partial charge in [0.25, 0.3) is 5.56 Å². The molecule has 5 heteroatoms. The van der Waals surface area contributed by atoms with Crippen LogP contribution < -0.4 is 15.8 Å². The number of hydrogen-bond acceptors (Lipinski definition) is 4. The monoisotopic (exact) mass is 290 g/mol. The van der Waals surface area contributed by atoms with E-state index >= 15 is 0 Å². The number of aromatic nitrogens is 2. The van der Waals surface area contributed by atoms with E-state index in [-0.39, 0.29) is 5.56 Å². The first-order valence-corrected chi connectivity index (χ1v) is 8.31. The summed E-state index contributed by atoms with van der Waals surface area (Å²) in [6.07, 6.45) is 9.58. The van der Waals surface area contributed by atoms with Crippen LogP contribution in [-0.4, -0.2) is 35.2 Å². The molecule has 1 unspecified atom stereocenters. The second-order valence-corrected chi connectivity index (χ2v) is 6.39. The van der Waals surface area contributed by atoms with Gasteiger partial charge in [-0.1, -0.05) is 6.92 Å². The Morgan fingerprint density at radius 1 is 1.38 bits per heavy atom. The van der Waals surface area contributed by atoms with Crippen LogP contribution in [0.15, 0.2) is 17.2 Å². The lowest BCUT2D eigenvalue weighted by Gasteiger charge is -2.26. The minimum Gasteiger partial charge on any atom is -0.350 e. The fourth-order valence-electron chi connectivity index (χ4n) is 3.11. The third-order valence-electron chi connectivity index (χ3n) is 4.44. The maximum absolute atomic E-state index is 12.6. The van der Waals surface area contributed by atoms with Crippen LogP contribution >= 0.6 is 0 Å². The Labute approximate surface area is 126 Å². The largest absolute Gasteiger partial charge is 0.350 e. The lowest BCUT2D eigenvalue weighted by atomic mass is 10.2. The molecule has 0 spiro atoms. The first-order valence-electron chi connectivity index (χ1n) is 8.31. The van der Waals surface area contributed by atoms with Gasteiger partial charge in [-0.25, -0.2) is 4.98 Å². The summed E-state index contributed by atoms with van der Waals surface area (Å²) in [5, 5.41) is 3.53. The topological polar surface area (TPSA) is 50.2 Å². The van der Waals surface area contributed by atoms with Gasteiger partial charge in [0.05, 0.1) is 0 Å². The van der Waals surface area contributed by atoms with Crippen LogP contribution in [0.5, 0.6) is 0 Å². The molecule has 3 rings (SSSR count). The van der Waals surface area contributed by atoms with Gasteiger partial charge in [-0.05, 0) is 44.6 Å². The number of nitrogens with one attached hydrogen (secondary N) is 1. The first kappa shape index (κ1) is 14.6. The smallest absolute Gasteiger partial charge is 0.293 e. The molecule has 1 aromatic rings.